The molecule has 2 fully saturated rings. The molecular weight excluding hydrogens is 234 g/mol. The summed E-state index contributed by atoms with van der Waals surface area (Å²) in [5.41, 5.74) is 1.33. The largest absolute Gasteiger partial charge is 0.302 e. The Hall–Kier alpha value is -1.15. The van der Waals surface area contributed by atoms with Gasteiger partial charge < -0.3 is 4.79 Å². The lowest BCUT2D eigenvalue weighted by Crippen LogP contribution is -2.41. The van der Waals surface area contributed by atoms with Gasteiger partial charge in [0.1, 0.15) is 6.29 Å². The summed E-state index contributed by atoms with van der Waals surface area (Å²) in [6.07, 6.45) is 7.51. The van der Waals surface area contributed by atoms with Crippen molar-refractivity contribution in [1.29, 1.82) is 0 Å². The molecule has 1 aliphatic carbocycles. The molecule has 4 atom stereocenters. The maximum Gasteiger partial charge on any atom is 0.137 e. The number of likely N-dealkylation sites (tertiary alicyclic amines) is 1. The van der Waals surface area contributed by atoms with Crippen LogP contribution in [0.15, 0.2) is 30.3 Å². The number of hydrogen-bond acceptors (Lipinski definition) is 2. The highest BCUT2D eigenvalue weighted by Crippen LogP contribution is 2.43. The first kappa shape index (κ1) is 12.9. The van der Waals surface area contributed by atoms with Crippen molar-refractivity contribution in [3.05, 3.63) is 35.9 Å². The van der Waals surface area contributed by atoms with Gasteiger partial charge in [0.2, 0.25) is 0 Å². The van der Waals surface area contributed by atoms with Gasteiger partial charge in [-0.1, -0.05) is 43.2 Å². The molecule has 0 radical (unpaired) electrons. The van der Waals surface area contributed by atoms with Gasteiger partial charge in [0, 0.05) is 12.1 Å². The fraction of sp³-hybridized carbons (Fsp3) is 0.588. The van der Waals surface area contributed by atoms with Crippen LogP contribution in [0.25, 0.3) is 0 Å². The van der Waals surface area contributed by atoms with Gasteiger partial charge in [-0.2, -0.15) is 0 Å². The summed E-state index contributed by atoms with van der Waals surface area (Å²) < 4.78 is 0. The normalized spacial score (nSPS) is 32.8. The molecule has 1 saturated heterocycles. The van der Waals surface area contributed by atoms with E-state index < -0.39 is 0 Å². The molecule has 2 aliphatic rings. The Kier molecular flexibility index (Phi) is 3.69. The van der Waals surface area contributed by atoms with E-state index in [0.717, 1.165) is 12.3 Å². The van der Waals surface area contributed by atoms with E-state index in [4.69, 9.17) is 0 Å². The zero-order valence-electron chi connectivity index (χ0n) is 11.7. The number of rotatable bonds is 3. The zero-order valence-corrected chi connectivity index (χ0v) is 11.7. The van der Waals surface area contributed by atoms with Crippen molar-refractivity contribution in [1.82, 2.24) is 4.90 Å². The minimum atomic E-state index is 0.128. The Labute approximate surface area is 115 Å². The summed E-state index contributed by atoms with van der Waals surface area (Å²) in [7, 11) is 0. The van der Waals surface area contributed by atoms with Gasteiger partial charge in [-0.3, -0.25) is 4.90 Å². The van der Waals surface area contributed by atoms with Gasteiger partial charge in [-0.05, 0) is 37.7 Å². The topological polar surface area (TPSA) is 20.3 Å². The molecule has 0 spiro atoms. The number of nitrogens with zero attached hydrogens (tertiary/aromatic N) is 1. The molecule has 0 unspecified atom stereocenters. The van der Waals surface area contributed by atoms with Crippen LogP contribution >= 0.6 is 0 Å². The van der Waals surface area contributed by atoms with Crippen LogP contribution < -0.4 is 0 Å². The lowest BCUT2D eigenvalue weighted by molar-refractivity contribution is -0.112. The fourth-order valence-electron chi connectivity index (χ4n) is 4.14. The molecule has 19 heavy (non-hydrogen) atoms. The number of carbonyl (C=O) groups is 1. The van der Waals surface area contributed by atoms with Crippen molar-refractivity contribution < 1.29 is 4.79 Å². The highest BCUT2D eigenvalue weighted by Gasteiger charge is 2.43. The summed E-state index contributed by atoms with van der Waals surface area (Å²) in [6, 6.07) is 11.7. The van der Waals surface area contributed by atoms with Crippen LogP contribution in [0.5, 0.6) is 0 Å². The first-order valence-electron chi connectivity index (χ1n) is 7.59. The molecule has 1 aromatic rings. The average molecular weight is 257 g/mol. The Morgan fingerprint density at radius 2 is 1.95 bits per heavy atom. The highest BCUT2D eigenvalue weighted by atomic mass is 16.1. The van der Waals surface area contributed by atoms with E-state index in [9.17, 15) is 4.79 Å². The van der Waals surface area contributed by atoms with Crippen molar-refractivity contribution in [3.63, 3.8) is 0 Å². The van der Waals surface area contributed by atoms with Crippen molar-refractivity contribution in [3.8, 4) is 0 Å². The third-order valence-electron chi connectivity index (χ3n) is 5.07. The highest BCUT2D eigenvalue weighted by molar-refractivity contribution is 5.58. The fourth-order valence-corrected chi connectivity index (χ4v) is 4.14. The molecule has 1 aromatic carbocycles. The van der Waals surface area contributed by atoms with Crippen LogP contribution in [0.4, 0.5) is 0 Å². The second kappa shape index (κ2) is 5.46. The summed E-state index contributed by atoms with van der Waals surface area (Å²) >= 11 is 0. The van der Waals surface area contributed by atoms with E-state index in [0.29, 0.717) is 12.1 Å². The standard InChI is InChI=1S/C17H23NO/c1-13(14-7-3-2-4-8-14)18-16(12-19)11-15-9-5-6-10-17(15)18/h2-4,7-8,12-13,15-17H,5-6,9-11H2,1H3/t13-,15+,16-,17-/m0/s1. The first-order valence-corrected chi connectivity index (χ1v) is 7.59. The van der Waals surface area contributed by atoms with Crippen molar-refractivity contribution in [2.45, 2.75) is 57.2 Å². The second-order valence-electron chi connectivity index (χ2n) is 6.08. The van der Waals surface area contributed by atoms with Crippen LogP contribution in [0.2, 0.25) is 0 Å². The van der Waals surface area contributed by atoms with Crippen LogP contribution in [0.3, 0.4) is 0 Å². The maximum atomic E-state index is 11.5. The molecule has 0 aromatic heterocycles. The molecule has 1 aliphatic heterocycles. The minimum Gasteiger partial charge on any atom is -0.302 e. The molecule has 1 heterocycles. The van der Waals surface area contributed by atoms with Gasteiger partial charge in [0.25, 0.3) is 0 Å². The first-order chi connectivity index (χ1) is 9.31. The van der Waals surface area contributed by atoms with Crippen molar-refractivity contribution >= 4 is 6.29 Å². The predicted octanol–water partition coefficient (Wildman–Crippen LogP) is 3.58. The van der Waals surface area contributed by atoms with Gasteiger partial charge in [-0.15, -0.1) is 0 Å². The van der Waals surface area contributed by atoms with Crippen LogP contribution in [0, 0.1) is 5.92 Å². The summed E-state index contributed by atoms with van der Waals surface area (Å²) in [5.74, 6) is 0.745. The van der Waals surface area contributed by atoms with E-state index in [-0.39, 0.29) is 6.04 Å². The van der Waals surface area contributed by atoms with E-state index >= 15 is 0 Å². The van der Waals surface area contributed by atoms with Crippen molar-refractivity contribution in [2.24, 2.45) is 5.92 Å². The third kappa shape index (κ3) is 2.34. The predicted molar refractivity (Wildman–Crippen MR) is 76.9 cm³/mol. The molecule has 0 N–H and O–H groups in total. The molecule has 0 bridgehead atoms. The smallest absolute Gasteiger partial charge is 0.137 e. The number of benzene rings is 1. The summed E-state index contributed by atoms with van der Waals surface area (Å²) in [4.78, 5) is 13.9. The number of carbonyl (C=O) groups excluding carboxylic acids is 1. The Bertz CT molecular complexity index is 430. The van der Waals surface area contributed by atoms with Crippen LogP contribution in [0.1, 0.15) is 50.6 Å². The Balaban J connectivity index is 1.86. The van der Waals surface area contributed by atoms with E-state index in [1.165, 1.54) is 37.5 Å². The molecule has 2 heteroatoms. The third-order valence-corrected chi connectivity index (χ3v) is 5.07. The van der Waals surface area contributed by atoms with Gasteiger partial charge >= 0.3 is 0 Å². The second-order valence-corrected chi connectivity index (χ2v) is 6.08. The van der Waals surface area contributed by atoms with Crippen molar-refractivity contribution in [2.75, 3.05) is 0 Å². The number of aldehydes is 1. The molecule has 2 nitrogen and oxygen atoms in total. The van der Waals surface area contributed by atoms with Gasteiger partial charge in [-0.25, -0.2) is 0 Å². The lowest BCUT2D eigenvalue weighted by Gasteiger charge is -2.37. The quantitative estimate of drug-likeness (QED) is 0.771. The van der Waals surface area contributed by atoms with Gasteiger partial charge in [0.15, 0.2) is 0 Å². The van der Waals surface area contributed by atoms with Crippen LogP contribution in [-0.4, -0.2) is 23.3 Å². The molecule has 3 rings (SSSR count). The van der Waals surface area contributed by atoms with E-state index in [1.54, 1.807) is 0 Å². The lowest BCUT2D eigenvalue weighted by atomic mass is 9.84. The molecular formula is C17H23NO. The molecule has 102 valence electrons. The Morgan fingerprint density at radius 1 is 1.21 bits per heavy atom. The number of hydrogen-bond donors (Lipinski definition) is 0. The summed E-state index contributed by atoms with van der Waals surface area (Å²) in [6.45, 7) is 2.25. The van der Waals surface area contributed by atoms with Gasteiger partial charge in [0.05, 0.1) is 6.04 Å². The summed E-state index contributed by atoms with van der Waals surface area (Å²) in [5, 5.41) is 0. The average Bonchev–Trinajstić information content (AvgIpc) is 2.86. The molecule has 0 amide bonds. The maximum absolute atomic E-state index is 11.5. The van der Waals surface area contributed by atoms with Crippen LogP contribution in [-0.2, 0) is 4.79 Å². The van der Waals surface area contributed by atoms with E-state index in [1.807, 2.05) is 0 Å². The molecule has 1 saturated carbocycles. The Morgan fingerprint density at radius 3 is 2.68 bits per heavy atom. The zero-order chi connectivity index (χ0) is 13.2. The monoisotopic (exact) mass is 257 g/mol. The van der Waals surface area contributed by atoms with E-state index in [2.05, 4.69) is 42.2 Å². The minimum absolute atomic E-state index is 0.128. The SMILES string of the molecule is C[C@@H](c1ccccc1)N1[C@H](C=O)C[C@H]2CCCC[C@@H]21. The number of fused-ring (bicyclic) bond motifs is 1.